The van der Waals surface area contributed by atoms with Gasteiger partial charge in [-0.1, -0.05) is 34.8 Å². The third-order valence-corrected chi connectivity index (χ3v) is 2.47. The van der Waals surface area contributed by atoms with Crippen LogP contribution in [0.4, 0.5) is 4.39 Å². The number of amides is 1. The minimum absolute atomic E-state index is 0.234. The lowest BCUT2D eigenvalue weighted by Gasteiger charge is -2.25. The summed E-state index contributed by atoms with van der Waals surface area (Å²) in [5.41, 5.74) is 0. The zero-order chi connectivity index (χ0) is 12.9. The van der Waals surface area contributed by atoms with Crippen LogP contribution in [0.2, 0.25) is 0 Å². The van der Waals surface area contributed by atoms with Gasteiger partial charge in [0.05, 0.1) is 12.8 Å². The molecule has 0 saturated heterocycles. The van der Waals surface area contributed by atoms with Crippen molar-refractivity contribution in [2.75, 3.05) is 6.67 Å². The van der Waals surface area contributed by atoms with Crippen LogP contribution in [-0.4, -0.2) is 22.5 Å². The predicted octanol–water partition coefficient (Wildman–Crippen LogP) is 2.15. The molecule has 96 valence electrons. The number of rotatable bonds is 5. The molecule has 2 N–H and O–H groups in total. The Morgan fingerprint density at radius 1 is 1.53 bits per heavy atom. The van der Waals surface area contributed by atoms with Gasteiger partial charge in [-0.3, -0.25) is 10.1 Å². The molecule has 1 aromatic heterocycles. The van der Waals surface area contributed by atoms with E-state index in [4.69, 9.17) is 39.2 Å². The van der Waals surface area contributed by atoms with E-state index in [-0.39, 0.29) is 6.54 Å². The first kappa shape index (κ1) is 14.6. The van der Waals surface area contributed by atoms with Crippen LogP contribution in [0.1, 0.15) is 5.76 Å². The highest BCUT2D eigenvalue weighted by molar-refractivity contribution is 6.68. The van der Waals surface area contributed by atoms with Crippen molar-refractivity contribution in [3.63, 3.8) is 0 Å². The molecule has 0 aliphatic carbocycles. The Bertz CT molecular complexity index is 354. The zero-order valence-electron chi connectivity index (χ0n) is 8.55. The molecule has 1 heterocycles. The van der Waals surface area contributed by atoms with E-state index in [2.05, 4.69) is 10.6 Å². The summed E-state index contributed by atoms with van der Waals surface area (Å²) in [5, 5.41) is 4.95. The van der Waals surface area contributed by atoms with Crippen molar-refractivity contribution in [2.45, 2.75) is 16.5 Å². The summed E-state index contributed by atoms with van der Waals surface area (Å²) in [6.45, 7) is -0.947. The van der Waals surface area contributed by atoms with Gasteiger partial charge < -0.3 is 9.73 Å². The molecule has 4 nitrogen and oxygen atoms in total. The van der Waals surface area contributed by atoms with Gasteiger partial charge in [-0.25, -0.2) is 4.39 Å². The largest absolute Gasteiger partial charge is 0.468 e. The summed E-state index contributed by atoms with van der Waals surface area (Å²) < 4.78 is 15.3. The minimum atomic E-state index is -1.79. The van der Waals surface area contributed by atoms with Crippen LogP contribution in [0.5, 0.6) is 0 Å². The van der Waals surface area contributed by atoms with E-state index >= 15 is 0 Å². The van der Waals surface area contributed by atoms with Crippen molar-refractivity contribution in [2.24, 2.45) is 0 Å². The number of carbonyl (C=O) groups is 1. The second-order valence-electron chi connectivity index (χ2n) is 3.14. The van der Waals surface area contributed by atoms with Crippen LogP contribution in [-0.2, 0) is 11.3 Å². The number of carbonyl (C=O) groups excluding carboxylic acids is 1. The molecule has 0 aromatic carbocycles. The van der Waals surface area contributed by atoms with E-state index in [0.29, 0.717) is 5.76 Å². The number of alkyl halides is 4. The SMILES string of the molecule is O=C(CF)N[C@H](NCc1ccco1)C(Cl)(Cl)Cl. The Morgan fingerprint density at radius 3 is 2.71 bits per heavy atom. The first-order valence-electron chi connectivity index (χ1n) is 4.61. The van der Waals surface area contributed by atoms with Gasteiger partial charge in [0.1, 0.15) is 11.9 Å². The standard InChI is InChI=1S/C9H10Cl3FN2O2/c10-9(11,12)8(15-7(16)4-13)14-5-6-2-1-3-17-6/h1-3,8,14H,4-5H2,(H,15,16)/t8-/m0/s1. The molecule has 0 bridgehead atoms. The maximum absolute atomic E-state index is 12.1. The molecule has 0 radical (unpaired) electrons. The van der Waals surface area contributed by atoms with Crippen molar-refractivity contribution in [1.29, 1.82) is 0 Å². The summed E-state index contributed by atoms with van der Waals surface area (Å²) in [5.74, 6) is -0.271. The quantitative estimate of drug-likeness (QED) is 0.647. The molecule has 1 aromatic rings. The van der Waals surface area contributed by atoms with Crippen molar-refractivity contribution in [1.82, 2.24) is 10.6 Å². The summed E-state index contributed by atoms with van der Waals surface area (Å²) in [4.78, 5) is 10.9. The third kappa shape index (κ3) is 5.12. The van der Waals surface area contributed by atoms with Gasteiger partial charge in [-0.05, 0) is 12.1 Å². The molecule has 1 atom stereocenters. The average molecular weight is 304 g/mol. The molecular formula is C9H10Cl3FN2O2. The molecular weight excluding hydrogens is 293 g/mol. The van der Waals surface area contributed by atoms with Gasteiger partial charge in [0.2, 0.25) is 3.79 Å². The number of hydrogen-bond donors (Lipinski definition) is 2. The maximum Gasteiger partial charge on any atom is 0.252 e. The molecule has 1 amide bonds. The van der Waals surface area contributed by atoms with Crippen molar-refractivity contribution < 1.29 is 13.6 Å². The third-order valence-electron chi connectivity index (χ3n) is 1.81. The minimum Gasteiger partial charge on any atom is -0.468 e. The van der Waals surface area contributed by atoms with Gasteiger partial charge in [0.25, 0.3) is 5.91 Å². The summed E-state index contributed by atoms with van der Waals surface area (Å²) in [6.07, 6.45) is 0.475. The van der Waals surface area contributed by atoms with Gasteiger partial charge in [-0.15, -0.1) is 0 Å². The van der Waals surface area contributed by atoms with Crippen LogP contribution >= 0.6 is 34.8 Å². The summed E-state index contributed by atoms with van der Waals surface area (Å²) in [6, 6.07) is 3.40. The number of furan rings is 1. The first-order chi connectivity index (χ1) is 7.93. The van der Waals surface area contributed by atoms with E-state index in [0.717, 1.165) is 0 Å². The van der Waals surface area contributed by atoms with Gasteiger partial charge in [0.15, 0.2) is 6.67 Å². The molecule has 0 saturated carbocycles. The fraction of sp³-hybridized carbons (Fsp3) is 0.444. The number of nitrogens with one attached hydrogen (secondary N) is 2. The molecule has 0 aliphatic rings. The first-order valence-corrected chi connectivity index (χ1v) is 5.74. The Hall–Kier alpha value is -0.490. The molecule has 17 heavy (non-hydrogen) atoms. The van der Waals surface area contributed by atoms with Gasteiger partial charge >= 0.3 is 0 Å². The van der Waals surface area contributed by atoms with E-state index in [1.807, 2.05) is 0 Å². The van der Waals surface area contributed by atoms with Crippen LogP contribution in [0.3, 0.4) is 0 Å². The Labute approximate surface area is 112 Å². The monoisotopic (exact) mass is 302 g/mol. The summed E-state index contributed by atoms with van der Waals surface area (Å²) in [7, 11) is 0. The van der Waals surface area contributed by atoms with Crippen molar-refractivity contribution in [3.05, 3.63) is 24.2 Å². The number of halogens is 4. The van der Waals surface area contributed by atoms with Crippen molar-refractivity contribution >= 4 is 40.7 Å². The topological polar surface area (TPSA) is 54.3 Å². The average Bonchev–Trinajstić information content (AvgIpc) is 2.74. The lowest BCUT2D eigenvalue weighted by atomic mass is 10.4. The molecule has 8 heteroatoms. The van der Waals surface area contributed by atoms with Crippen molar-refractivity contribution in [3.8, 4) is 0 Å². The van der Waals surface area contributed by atoms with Gasteiger partial charge in [0, 0.05) is 0 Å². The zero-order valence-corrected chi connectivity index (χ0v) is 10.8. The lowest BCUT2D eigenvalue weighted by molar-refractivity contribution is -0.122. The van der Waals surface area contributed by atoms with Gasteiger partial charge in [-0.2, -0.15) is 0 Å². The fourth-order valence-electron chi connectivity index (χ4n) is 1.06. The predicted molar refractivity (Wildman–Crippen MR) is 63.7 cm³/mol. The lowest BCUT2D eigenvalue weighted by Crippen LogP contribution is -2.53. The van der Waals surface area contributed by atoms with E-state index in [9.17, 15) is 9.18 Å². The Balaban J connectivity index is 2.55. The molecule has 1 rings (SSSR count). The highest BCUT2D eigenvalue weighted by atomic mass is 35.6. The van der Waals surface area contributed by atoms with E-state index in [1.165, 1.54) is 6.26 Å². The van der Waals surface area contributed by atoms with E-state index in [1.54, 1.807) is 12.1 Å². The maximum atomic E-state index is 12.1. The highest BCUT2D eigenvalue weighted by Gasteiger charge is 2.33. The normalized spacial score (nSPS) is 13.4. The van der Waals surface area contributed by atoms with Crippen LogP contribution in [0.15, 0.2) is 22.8 Å². The summed E-state index contributed by atoms with van der Waals surface area (Å²) >= 11 is 16.9. The molecule has 0 spiro atoms. The van der Waals surface area contributed by atoms with Crippen LogP contribution < -0.4 is 10.6 Å². The second kappa shape index (κ2) is 6.44. The fourth-order valence-corrected chi connectivity index (χ4v) is 1.46. The van der Waals surface area contributed by atoms with Crippen LogP contribution in [0.25, 0.3) is 0 Å². The second-order valence-corrected chi connectivity index (χ2v) is 5.50. The van der Waals surface area contributed by atoms with E-state index < -0.39 is 22.5 Å². The number of hydrogen-bond acceptors (Lipinski definition) is 3. The molecule has 0 aliphatic heterocycles. The molecule has 0 fully saturated rings. The Morgan fingerprint density at radius 2 is 2.24 bits per heavy atom. The smallest absolute Gasteiger partial charge is 0.252 e. The molecule has 0 unspecified atom stereocenters. The Kier molecular flexibility index (Phi) is 5.52. The van der Waals surface area contributed by atoms with Crippen LogP contribution in [0, 0.1) is 0 Å². The highest BCUT2D eigenvalue weighted by Crippen LogP contribution is 2.29.